The molecule has 0 aromatic heterocycles. The molecule has 0 unspecified atom stereocenters. The molecule has 2 aromatic carbocycles. The second-order valence-electron chi connectivity index (χ2n) is 7.52. The summed E-state index contributed by atoms with van der Waals surface area (Å²) >= 11 is 1.27. The van der Waals surface area contributed by atoms with Gasteiger partial charge in [0.1, 0.15) is 19.0 Å². The Kier molecular flexibility index (Phi) is 6.50. The zero-order valence-corrected chi connectivity index (χ0v) is 19.7. The number of thioether (sulfide) groups is 1. The van der Waals surface area contributed by atoms with Gasteiger partial charge in [0.2, 0.25) is 5.17 Å². The summed E-state index contributed by atoms with van der Waals surface area (Å²) in [5.74, 6) is 1.45. The van der Waals surface area contributed by atoms with Crippen molar-refractivity contribution in [3.63, 3.8) is 0 Å². The van der Waals surface area contributed by atoms with Gasteiger partial charge in [-0.05, 0) is 73.5 Å². The topological polar surface area (TPSA) is 96.6 Å². The maximum atomic E-state index is 12.5. The van der Waals surface area contributed by atoms with Gasteiger partial charge in [-0.25, -0.2) is 0 Å². The second-order valence-corrected chi connectivity index (χ2v) is 8.68. The van der Waals surface area contributed by atoms with Crippen LogP contribution in [0.5, 0.6) is 17.2 Å². The number of carbonyl (C=O) groups is 1. The number of hydrazone groups is 1. The fourth-order valence-electron chi connectivity index (χ4n) is 3.31. The number of aryl methyl sites for hydroxylation is 2. The molecule has 0 fully saturated rings. The molecule has 9 heteroatoms. The van der Waals surface area contributed by atoms with Crippen LogP contribution in [0.3, 0.4) is 0 Å². The van der Waals surface area contributed by atoms with Crippen molar-refractivity contribution >= 4 is 39.8 Å². The van der Waals surface area contributed by atoms with Gasteiger partial charge in [0.15, 0.2) is 17.3 Å². The molecule has 2 heterocycles. The van der Waals surface area contributed by atoms with E-state index in [2.05, 4.69) is 10.1 Å². The van der Waals surface area contributed by atoms with E-state index in [-0.39, 0.29) is 11.4 Å². The first-order valence-electron chi connectivity index (χ1n) is 10.3. The van der Waals surface area contributed by atoms with Crippen molar-refractivity contribution < 1.29 is 19.0 Å². The van der Waals surface area contributed by atoms with Crippen LogP contribution in [0.4, 0.5) is 0 Å². The van der Waals surface area contributed by atoms with Gasteiger partial charge in [-0.2, -0.15) is 15.1 Å². The minimum absolute atomic E-state index is 0.00256. The number of benzene rings is 2. The standard InChI is InChI=1S/C24H24N4O4S/c1-14-5-6-15(2)20(11-14)32-10-9-31-19-8-7-17(13-21(19)30-4)12-18-22(25)28-24(26-23(18)29)33-16(3)27-28/h5-8,11-13,25H,9-10H2,1-4H3. The Morgan fingerprint density at radius 2 is 1.79 bits per heavy atom. The first-order chi connectivity index (χ1) is 15.9. The molecule has 2 aliphatic rings. The number of hydrogen-bond donors (Lipinski definition) is 1. The zero-order valence-electron chi connectivity index (χ0n) is 18.8. The largest absolute Gasteiger partial charge is 0.493 e. The predicted molar refractivity (Wildman–Crippen MR) is 131 cm³/mol. The van der Waals surface area contributed by atoms with Crippen molar-refractivity contribution in [1.82, 2.24) is 5.01 Å². The summed E-state index contributed by atoms with van der Waals surface area (Å²) in [6.45, 7) is 6.57. The van der Waals surface area contributed by atoms with Gasteiger partial charge < -0.3 is 14.2 Å². The number of hydrogen-bond acceptors (Lipinski definition) is 7. The smallest absolute Gasteiger partial charge is 0.283 e. The third kappa shape index (κ3) is 4.93. The maximum absolute atomic E-state index is 12.5. The van der Waals surface area contributed by atoms with E-state index in [1.54, 1.807) is 31.4 Å². The average molecular weight is 465 g/mol. The van der Waals surface area contributed by atoms with Crippen LogP contribution in [0, 0.1) is 19.3 Å². The highest BCUT2D eigenvalue weighted by Gasteiger charge is 2.34. The SMILES string of the molecule is COc1cc(C=C2C(=N)N3N=C(C)SC3=NC2=O)ccc1OCCOc1cc(C)ccc1C. The molecule has 0 saturated carbocycles. The molecule has 170 valence electrons. The normalized spacial score (nSPS) is 16.5. The van der Waals surface area contributed by atoms with Crippen molar-refractivity contribution in [3.05, 3.63) is 58.7 Å². The van der Waals surface area contributed by atoms with Gasteiger partial charge in [-0.3, -0.25) is 10.2 Å². The highest BCUT2D eigenvalue weighted by atomic mass is 32.2. The van der Waals surface area contributed by atoms with E-state index in [4.69, 9.17) is 19.6 Å². The molecule has 1 N–H and O–H groups in total. The summed E-state index contributed by atoms with van der Waals surface area (Å²) in [5, 5.41) is 15.1. The molecule has 0 aliphatic carbocycles. The Hall–Kier alpha value is -3.59. The van der Waals surface area contributed by atoms with E-state index in [0.29, 0.717) is 35.4 Å². The van der Waals surface area contributed by atoms with Crippen molar-refractivity contribution in [2.24, 2.45) is 10.1 Å². The van der Waals surface area contributed by atoms with Crippen LogP contribution in [0.15, 0.2) is 52.1 Å². The molecule has 0 atom stereocenters. The Morgan fingerprint density at radius 3 is 2.55 bits per heavy atom. The summed E-state index contributed by atoms with van der Waals surface area (Å²) in [7, 11) is 1.55. The molecule has 0 spiro atoms. The molecular formula is C24H24N4O4S. The van der Waals surface area contributed by atoms with E-state index in [1.165, 1.54) is 16.8 Å². The van der Waals surface area contributed by atoms with Crippen LogP contribution < -0.4 is 14.2 Å². The van der Waals surface area contributed by atoms with Crippen LogP contribution in [0.25, 0.3) is 6.08 Å². The zero-order chi connectivity index (χ0) is 23.5. The number of fused-ring (bicyclic) bond motifs is 1. The fourth-order valence-corrected chi connectivity index (χ4v) is 4.05. The van der Waals surface area contributed by atoms with Crippen LogP contribution >= 0.6 is 11.8 Å². The maximum Gasteiger partial charge on any atom is 0.283 e. The Bertz CT molecular complexity index is 1220. The third-order valence-corrected chi connectivity index (χ3v) is 5.82. The van der Waals surface area contributed by atoms with Gasteiger partial charge in [-0.15, -0.1) is 0 Å². The fraction of sp³-hybridized carbons (Fsp3) is 0.250. The molecule has 8 nitrogen and oxygen atoms in total. The number of nitrogens with one attached hydrogen (secondary N) is 1. The Morgan fingerprint density at radius 1 is 1.03 bits per heavy atom. The molecule has 0 bridgehead atoms. The number of nitrogens with zero attached hydrogens (tertiary/aromatic N) is 3. The van der Waals surface area contributed by atoms with E-state index >= 15 is 0 Å². The Balaban J connectivity index is 1.44. The van der Waals surface area contributed by atoms with Crippen molar-refractivity contribution in [2.75, 3.05) is 20.3 Å². The number of carbonyl (C=O) groups excluding carboxylic acids is 1. The molecule has 2 aliphatic heterocycles. The molecule has 0 radical (unpaired) electrons. The van der Waals surface area contributed by atoms with Gasteiger partial charge >= 0.3 is 0 Å². The lowest BCUT2D eigenvalue weighted by atomic mass is 10.1. The summed E-state index contributed by atoms with van der Waals surface area (Å²) in [4.78, 5) is 16.5. The average Bonchev–Trinajstić information content (AvgIpc) is 3.17. The van der Waals surface area contributed by atoms with Crippen LogP contribution in [-0.2, 0) is 4.79 Å². The van der Waals surface area contributed by atoms with Crippen molar-refractivity contribution in [1.29, 1.82) is 5.41 Å². The van der Waals surface area contributed by atoms with Gasteiger partial charge in [0.25, 0.3) is 5.91 Å². The van der Waals surface area contributed by atoms with Gasteiger partial charge in [-0.1, -0.05) is 18.2 Å². The lowest BCUT2D eigenvalue weighted by Gasteiger charge is -2.20. The minimum Gasteiger partial charge on any atom is -0.493 e. The summed E-state index contributed by atoms with van der Waals surface area (Å²) in [6.07, 6.45) is 1.61. The Labute approximate surface area is 196 Å². The molecular weight excluding hydrogens is 440 g/mol. The van der Waals surface area contributed by atoms with E-state index in [9.17, 15) is 4.79 Å². The summed E-state index contributed by atoms with van der Waals surface area (Å²) in [5.41, 5.74) is 3.06. The number of amides is 1. The monoisotopic (exact) mass is 464 g/mol. The van der Waals surface area contributed by atoms with Crippen molar-refractivity contribution in [3.8, 4) is 17.2 Å². The van der Waals surface area contributed by atoms with Crippen LogP contribution in [0.1, 0.15) is 23.6 Å². The number of aliphatic imine (C=N–C) groups is 1. The lowest BCUT2D eigenvalue weighted by molar-refractivity contribution is -0.114. The quantitative estimate of drug-likeness (QED) is 0.482. The summed E-state index contributed by atoms with van der Waals surface area (Å²) in [6, 6.07) is 11.4. The lowest BCUT2D eigenvalue weighted by Crippen LogP contribution is -2.35. The summed E-state index contributed by atoms with van der Waals surface area (Å²) < 4.78 is 17.1. The minimum atomic E-state index is -0.466. The van der Waals surface area contributed by atoms with E-state index in [1.807, 2.05) is 39.0 Å². The first kappa shape index (κ1) is 22.6. The first-order valence-corrected chi connectivity index (χ1v) is 11.1. The highest BCUT2D eigenvalue weighted by molar-refractivity contribution is 8.26. The number of ether oxygens (including phenoxy) is 3. The van der Waals surface area contributed by atoms with Gasteiger partial charge in [0, 0.05) is 0 Å². The second kappa shape index (κ2) is 9.50. The molecule has 0 saturated heterocycles. The molecule has 4 rings (SSSR count). The molecule has 1 amide bonds. The van der Waals surface area contributed by atoms with Crippen molar-refractivity contribution in [2.45, 2.75) is 20.8 Å². The number of methoxy groups -OCH3 is 1. The van der Waals surface area contributed by atoms with E-state index in [0.717, 1.165) is 21.9 Å². The van der Waals surface area contributed by atoms with Crippen LogP contribution in [0.2, 0.25) is 0 Å². The molecule has 2 aromatic rings. The highest BCUT2D eigenvalue weighted by Crippen LogP contribution is 2.31. The predicted octanol–water partition coefficient (Wildman–Crippen LogP) is 4.41. The molecule has 33 heavy (non-hydrogen) atoms. The van der Waals surface area contributed by atoms with Gasteiger partial charge in [0.05, 0.1) is 17.7 Å². The number of rotatable bonds is 7. The van der Waals surface area contributed by atoms with E-state index < -0.39 is 5.91 Å². The third-order valence-electron chi connectivity index (χ3n) is 5.00. The van der Waals surface area contributed by atoms with Crippen LogP contribution in [-0.4, -0.2) is 47.3 Å². The number of amidine groups is 2.